The largest absolute Gasteiger partial charge is 0.497 e. The van der Waals surface area contributed by atoms with E-state index in [1.54, 1.807) is 18.2 Å². The number of carbonyl (C=O) groups excluding carboxylic acids is 1. The summed E-state index contributed by atoms with van der Waals surface area (Å²) in [5.74, 6) is -0.236. The quantitative estimate of drug-likeness (QED) is 0.449. The van der Waals surface area contributed by atoms with Gasteiger partial charge in [-0.3, -0.25) is 4.79 Å². The molecule has 0 aliphatic carbocycles. The van der Waals surface area contributed by atoms with Crippen LogP contribution in [0.25, 0.3) is 6.08 Å². The monoisotopic (exact) mass is 294 g/mol. The minimum atomic E-state index is -1.04. The van der Waals surface area contributed by atoms with Crippen molar-refractivity contribution in [1.29, 1.82) is 0 Å². The molecule has 1 rings (SSSR count). The van der Waals surface area contributed by atoms with E-state index in [2.05, 4.69) is 4.74 Å². The maximum Gasteiger partial charge on any atom is 0.328 e. The zero-order valence-electron chi connectivity index (χ0n) is 12.0. The molecular formula is C15H18O6. The fourth-order valence-electron chi connectivity index (χ4n) is 1.57. The summed E-state index contributed by atoms with van der Waals surface area (Å²) in [7, 11) is 2.86. The van der Waals surface area contributed by atoms with Crippen molar-refractivity contribution in [2.75, 3.05) is 20.8 Å². The molecule has 0 bridgehead atoms. The van der Waals surface area contributed by atoms with E-state index in [1.807, 2.05) is 0 Å². The Morgan fingerprint density at radius 3 is 2.67 bits per heavy atom. The summed E-state index contributed by atoms with van der Waals surface area (Å²) in [5.41, 5.74) is 0.622. The third-order valence-corrected chi connectivity index (χ3v) is 2.64. The molecule has 0 unspecified atom stereocenters. The third kappa shape index (κ3) is 5.99. The van der Waals surface area contributed by atoms with E-state index in [9.17, 15) is 9.59 Å². The van der Waals surface area contributed by atoms with Gasteiger partial charge in [-0.1, -0.05) is 0 Å². The van der Waals surface area contributed by atoms with Crippen molar-refractivity contribution in [3.63, 3.8) is 0 Å². The molecular weight excluding hydrogens is 276 g/mol. The highest BCUT2D eigenvalue weighted by Crippen LogP contribution is 2.26. The molecule has 0 saturated carbocycles. The molecule has 0 amide bonds. The van der Waals surface area contributed by atoms with Gasteiger partial charge in [0, 0.05) is 24.1 Å². The second-order valence-electron chi connectivity index (χ2n) is 4.10. The lowest BCUT2D eigenvalue weighted by atomic mass is 10.1. The summed E-state index contributed by atoms with van der Waals surface area (Å²) in [6, 6.07) is 5.08. The third-order valence-electron chi connectivity index (χ3n) is 2.64. The highest BCUT2D eigenvalue weighted by atomic mass is 16.5. The fourth-order valence-corrected chi connectivity index (χ4v) is 1.57. The summed E-state index contributed by atoms with van der Waals surface area (Å²) in [5, 5.41) is 8.67. The Hall–Kier alpha value is -2.50. The van der Waals surface area contributed by atoms with Gasteiger partial charge in [0.1, 0.15) is 11.5 Å². The van der Waals surface area contributed by atoms with Gasteiger partial charge in [-0.05, 0) is 24.6 Å². The topological polar surface area (TPSA) is 82.1 Å². The van der Waals surface area contributed by atoms with E-state index in [1.165, 1.54) is 20.3 Å². The van der Waals surface area contributed by atoms with Gasteiger partial charge in [0.05, 0.1) is 20.8 Å². The van der Waals surface area contributed by atoms with Crippen molar-refractivity contribution in [3.05, 3.63) is 29.8 Å². The molecule has 0 aliphatic rings. The molecule has 0 aromatic heterocycles. The van der Waals surface area contributed by atoms with E-state index >= 15 is 0 Å². The van der Waals surface area contributed by atoms with Gasteiger partial charge in [0.2, 0.25) is 0 Å². The highest BCUT2D eigenvalue weighted by molar-refractivity contribution is 5.86. The standard InChI is InChI=1S/C15H18O6/c1-19-12-7-5-11(6-8-14(16)17)13(10-12)21-9-3-4-15(18)20-2/h5-8,10H,3-4,9H2,1-2H3,(H,16,17)/b8-6+. The lowest BCUT2D eigenvalue weighted by Crippen LogP contribution is -2.05. The first-order valence-electron chi connectivity index (χ1n) is 6.35. The normalized spacial score (nSPS) is 10.4. The van der Waals surface area contributed by atoms with E-state index in [0.717, 1.165) is 6.08 Å². The molecule has 114 valence electrons. The molecule has 1 N–H and O–H groups in total. The zero-order valence-corrected chi connectivity index (χ0v) is 12.0. The molecule has 0 saturated heterocycles. The Kier molecular flexibility index (Phi) is 6.80. The lowest BCUT2D eigenvalue weighted by molar-refractivity contribution is -0.140. The van der Waals surface area contributed by atoms with Crippen LogP contribution in [-0.2, 0) is 14.3 Å². The van der Waals surface area contributed by atoms with Crippen LogP contribution in [0.1, 0.15) is 18.4 Å². The Bertz CT molecular complexity index is 521. The van der Waals surface area contributed by atoms with Crippen LogP contribution in [0.5, 0.6) is 11.5 Å². The first kappa shape index (κ1) is 16.6. The molecule has 6 heteroatoms. The van der Waals surface area contributed by atoms with Crippen molar-refractivity contribution in [2.45, 2.75) is 12.8 Å². The van der Waals surface area contributed by atoms with Crippen molar-refractivity contribution >= 4 is 18.0 Å². The molecule has 1 aromatic rings. The van der Waals surface area contributed by atoms with E-state index in [0.29, 0.717) is 30.1 Å². The SMILES string of the molecule is COC(=O)CCCOc1cc(OC)ccc1/C=C/C(=O)O. The fraction of sp³-hybridized carbons (Fsp3) is 0.333. The Morgan fingerprint density at radius 2 is 2.05 bits per heavy atom. The van der Waals surface area contributed by atoms with Crippen LogP contribution in [0.3, 0.4) is 0 Å². The van der Waals surface area contributed by atoms with Crippen molar-refractivity contribution in [2.24, 2.45) is 0 Å². The molecule has 0 aliphatic heterocycles. The van der Waals surface area contributed by atoms with Crippen LogP contribution >= 0.6 is 0 Å². The number of carboxylic acids is 1. The summed E-state index contributed by atoms with van der Waals surface area (Å²) in [6.45, 7) is 0.316. The minimum Gasteiger partial charge on any atom is -0.497 e. The van der Waals surface area contributed by atoms with E-state index < -0.39 is 5.97 Å². The van der Waals surface area contributed by atoms with Gasteiger partial charge < -0.3 is 19.3 Å². The number of benzene rings is 1. The van der Waals surface area contributed by atoms with Gasteiger partial charge in [0.25, 0.3) is 0 Å². The molecule has 0 heterocycles. The number of ether oxygens (including phenoxy) is 3. The number of esters is 1. The van der Waals surface area contributed by atoms with Crippen LogP contribution in [0.2, 0.25) is 0 Å². The lowest BCUT2D eigenvalue weighted by Gasteiger charge is -2.10. The average molecular weight is 294 g/mol. The van der Waals surface area contributed by atoms with Crippen LogP contribution in [0.4, 0.5) is 0 Å². The Morgan fingerprint density at radius 1 is 1.29 bits per heavy atom. The second kappa shape index (κ2) is 8.63. The van der Waals surface area contributed by atoms with E-state index in [-0.39, 0.29) is 12.4 Å². The molecule has 0 atom stereocenters. The average Bonchev–Trinajstić information content (AvgIpc) is 2.49. The van der Waals surface area contributed by atoms with Crippen molar-refractivity contribution in [3.8, 4) is 11.5 Å². The summed E-state index contributed by atoms with van der Waals surface area (Å²) >= 11 is 0. The molecule has 21 heavy (non-hydrogen) atoms. The number of hydrogen-bond acceptors (Lipinski definition) is 5. The molecule has 0 fully saturated rings. The predicted molar refractivity (Wildman–Crippen MR) is 76.4 cm³/mol. The number of methoxy groups -OCH3 is 2. The number of carbonyl (C=O) groups is 2. The number of rotatable bonds is 8. The van der Waals surface area contributed by atoms with Crippen LogP contribution in [0, 0.1) is 0 Å². The first-order valence-corrected chi connectivity index (χ1v) is 6.35. The molecule has 6 nitrogen and oxygen atoms in total. The highest BCUT2D eigenvalue weighted by Gasteiger charge is 2.05. The van der Waals surface area contributed by atoms with Crippen LogP contribution < -0.4 is 9.47 Å². The van der Waals surface area contributed by atoms with E-state index in [4.69, 9.17) is 14.6 Å². The predicted octanol–water partition coefficient (Wildman–Crippen LogP) is 2.12. The van der Waals surface area contributed by atoms with Crippen LogP contribution in [0.15, 0.2) is 24.3 Å². The van der Waals surface area contributed by atoms with Gasteiger partial charge in [-0.15, -0.1) is 0 Å². The molecule has 0 spiro atoms. The summed E-state index contributed by atoms with van der Waals surface area (Å²) in [4.78, 5) is 21.6. The van der Waals surface area contributed by atoms with Gasteiger partial charge in [-0.25, -0.2) is 4.79 Å². The first-order chi connectivity index (χ1) is 10.1. The van der Waals surface area contributed by atoms with Gasteiger partial charge >= 0.3 is 11.9 Å². The number of hydrogen-bond donors (Lipinski definition) is 1. The number of aliphatic carboxylic acids is 1. The molecule has 0 radical (unpaired) electrons. The van der Waals surface area contributed by atoms with Gasteiger partial charge in [0.15, 0.2) is 0 Å². The maximum atomic E-state index is 11.0. The maximum absolute atomic E-state index is 11.0. The smallest absolute Gasteiger partial charge is 0.328 e. The van der Waals surface area contributed by atoms with Crippen molar-refractivity contribution < 1.29 is 28.9 Å². The molecule has 1 aromatic carbocycles. The van der Waals surface area contributed by atoms with Crippen LogP contribution in [-0.4, -0.2) is 37.9 Å². The summed E-state index contributed by atoms with van der Waals surface area (Å²) in [6.07, 6.45) is 3.24. The summed E-state index contributed by atoms with van der Waals surface area (Å²) < 4.78 is 15.2. The Labute approximate surface area is 122 Å². The zero-order chi connectivity index (χ0) is 15.7. The number of carboxylic acid groups (broad SMARTS) is 1. The Balaban J connectivity index is 2.72. The van der Waals surface area contributed by atoms with Gasteiger partial charge in [-0.2, -0.15) is 0 Å². The second-order valence-corrected chi connectivity index (χ2v) is 4.10. The van der Waals surface area contributed by atoms with Crippen molar-refractivity contribution in [1.82, 2.24) is 0 Å². The minimum absolute atomic E-state index is 0.265.